The molecule has 69 heavy (non-hydrogen) atoms. The van der Waals surface area contributed by atoms with Crippen molar-refractivity contribution >= 4 is 43.1 Å². The molecule has 9 aromatic carbocycles. The van der Waals surface area contributed by atoms with Gasteiger partial charge in [-0.25, -0.2) is 0 Å². The van der Waals surface area contributed by atoms with Gasteiger partial charge in [0.15, 0.2) is 0 Å². The third-order valence-electron chi connectivity index (χ3n) is 15.4. The number of hydrogen-bond donors (Lipinski definition) is 1. The van der Waals surface area contributed by atoms with Crippen LogP contribution in [0.3, 0.4) is 0 Å². The molecule has 0 heterocycles. The lowest BCUT2D eigenvalue weighted by molar-refractivity contribution is 0.473. The minimum atomic E-state index is 0.214. The summed E-state index contributed by atoms with van der Waals surface area (Å²) in [4.78, 5) is 0. The second-order valence-corrected chi connectivity index (χ2v) is 23.0. The fourth-order valence-corrected chi connectivity index (χ4v) is 12.0. The molecule has 0 aliphatic rings. The van der Waals surface area contributed by atoms with Crippen molar-refractivity contribution in [1.82, 2.24) is 0 Å². The fraction of sp³-hybridized carbons (Fsp3) is 0.353. The smallest absolute Gasteiger partial charge is 0.116 e. The third-order valence-corrected chi connectivity index (χ3v) is 15.4. The van der Waals surface area contributed by atoms with Gasteiger partial charge in [0.2, 0.25) is 0 Å². The van der Waals surface area contributed by atoms with Crippen LogP contribution in [0.5, 0.6) is 5.75 Å². The topological polar surface area (TPSA) is 20.2 Å². The van der Waals surface area contributed by atoms with E-state index in [-0.39, 0.29) is 11.8 Å². The van der Waals surface area contributed by atoms with Gasteiger partial charge in [0, 0.05) is 0 Å². The Balaban J connectivity index is 1.57. The van der Waals surface area contributed by atoms with Crippen molar-refractivity contribution in [1.29, 1.82) is 0 Å². The zero-order valence-electron chi connectivity index (χ0n) is 44.5. The molecule has 0 spiro atoms. The maximum atomic E-state index is 11.3. The lowest BCUT2D eigenvalue weighted by atomic mass is 9.78. The van der Waals surface area contributed by atoms with Crippen LogP contribution in [0.1, 0.15) is 203 Å². The monoisotopic (exact) mass is 909 g/mol. The summed E-state index contributed by atoms with van der Waals surface area (Å²) in [5.74, 6) is 2.92. The number of phenolic OH excluding ortho intramolecular Hbond substituents is 1. The molecule has 0 bridgehead atoms. The van der Waals surface area contributed by atoms with E-state index in [1.165, 1.54) is 132 Å². The zero-order chi connectivity index (χ0) is 49.5. The molecule has 0 atom stereocenters. The van der Waals surface area contributed by atoms with E-state index in [1.807, 2.05) is 12.1 Å². The van der Waals surface area contributed by atoms with E-state index in [1.54, 1.807) is 0 Å². The van der Waals surface area contributed by atoms with Crippen LogP contribution >= 0.6 is 0 Å². The Morgan fingerprint density at radius 2 is 0.464 bits per heavy atom. The normalized spacial score (nSPS) is 12.6. The molecule has 0 unspecified atom stereocenters. The second-order valence-electron chi connectivity index (χ2n) is 23.0. The largest absolute Gasteiger partial charge is 0.508 e. The highest BCUT2D eigenvalue weighted by molar-refractivity contribution is 6.35. The van der Waals surface area contributed by atoms with Gasteiger partial charge in [-0.2, -0.15) is 0 Å². The number of fused-ring (bicyclic) bond motifs is 2. The molecule has 0 saturated carbocycles. The minimum Gasteiger partial charge on any atom is -0.508 e. The Hall–Kier alpha value is -5.92. The zero-order valence-corrected chi connectivity index (χ0v) is 44.5. The number of aromatic hydroxyl groups is 1. The summed E-state index contributed by atoms with van der Waals surface area (Å²) in [5.41, 5.74) is 21.2. The summed E-state index contributed by atoms with van der Waals surface area (Å²) in [6.07, 6.45) is 0. The standard InChI is InChI=1S/C68H76O/c1-36(2)51-20-17-21-52(37(3)4)63(51)46-26-44-27-47(64-53(38(5)6)22-18-23-54(64)39(7)8)32-61-62-33-49(66-57(42(13)14)34-50(69)35-58(66)43(15)16)29-45-28-48(31-60(68(45)62)59(30-46)67(44)61)65-55(40(9)10)24-19-25-56(65)41(11)12/h17-43,69H,1-16H3. The molecule has 0 aliphatic carbocycles. The summed E-state index contributed by atoms with van der Waals surface area (Å²) < 4.78 is 0. The van der Waals surface area contributed by atoms with Crippen LogP contribution in [0.15, 0.2) is 115 Å². The van der Waals surface area contributed by atoms with Crippen molar-refractivity contribution in [2.24, 2.45) is 0 Å². The maximum Gasteiger partial charge on any atom is 0.116 e. The van der Waals surface area contributed by atoms with Crippen molar-refractivity contribution in [3.63, 3.8) is 0 Å². The Labute approximate surface area is 414 Å². The van der Waals surface area contributed by atoms with Gasteiger partial charge in [-0.15, -0.1) is 0 Å². The summed E-state index contributed by atoms with van der Waals surface area (Å²) in [7, 11) is 0. The van der Waals surface area contributed by atoms with Crippen LogP contribution in [0, 0.1) is 0 Å². The first kappa shape index (κ1) is 48.1. The molecule has 0 amide bonds. The van der Waals surface area contributed by atoms with Crippen molar-refractivity contribution < 1.29 is 5.11 Å². The van der Waals surface area contributed by atoms with Gasteiger partial charge in [0.1, 0.15) is 5.75 Å². The summed E-state index contributed by atoms with van der Waals surface area (Å²) in [5, 5.41) is 21.6. The van der Waals surface area contributed by atoms with Gasteiger partial charge in [0.25, 0.3) is 0 Å². The highest BCUT2D eigenvalue weighted by atomic mass is 16.3. The molecule has 0 aromatic heterocycles. The van der Waals surface area contributed by atoms with E-state index in [2.05, 4.69) is 214 Å². The molecule has 0 aliphatic heterocycles. The quantitative estimate of drug-likeness (QED) is 0.0957. The van der Waals surface area contributed by atoms with Gasteiger partial charge in [0.05, 0.1) is 0 Å². The number of hydrogen-bond acceptors (Lipinski definition) is 1. The predicted molar refractivity (Wildman–Crippen MR) is 304 cm³/mol. The molecule has 9 aromatic rings. The van der Waals surface area contributed by atoms with E-state index >= 15 is 0 Å². The van der Waals surface area contributed by atoms with Crippen LogP contribution in [0.25, 0.3) is 87.6 Å². The van der Waals surface area contributed by atoms with Crippen LogP contribution in [-0.2, 0) is 0 Å². The minimum absolute atomic E-state index is 0.214. The summed E-state index contributed by atoms with van der Waals surface area (Å²) in [6, 6.07) is 45.3. The highest BCUT2D eigenvalue weighted by Gasteiger charge is 2.26. The molecule has 1 N–H and O–H groups in total. The van der Waals surface area contributed by atoms with E-state index in [9.17, 15) is 5.11 Å². The summed E-state index contributed by atoms with van der Waals surface area (Å²) in [6.45, 7) is 37.2. The summed E-state index contributed by atoms with van der Waals surface area (Å²) >= 11 is 0. The van der Waals surface area contributed by atoms with Crippen molar-refractivity contribution in [2.45, 2.75) is 158 Å². The van der Waals surface area contributed by atoms with Crippen molar-refractivity contribution in [2.75, 3.05) is 0 Å². The van der Waals surface area contributed by atoms with Gasteiger partial charge in [-0.1, -0.05) is 165 Å². The maximum absolute atomic E-state index is 11.3. The molecule has 1 nitrogen and oxygen atoms in total. The van der Waals surface area contributed by atoms with E-state index < -0.39 is 0 Å². The number of benzene rings is 9. The van der Waals surface area contributed by atoms with E-state index in [0.717, 1.165) is 0 Å². The lowest BCUT2D eigenvalue weighted by Gasteiger charge is -2.26. The van der Waals surface area contributed by atoms with Gasteiger partial charge in [-0.3, -0.25) is 0 Å². The van der Waals surface area contributed by atoms with E-state index in [0.29, 0.717) is 41.3 Å². The number of rotatable bonds is 12. The van der Waals surface area contributed by atoms with Gasteiger partial charge >= 0.3 is 0 Å². The van der Waals surface area contributed by atoms with E-state index in [4.69, 9.17) is 0 Å². The molecule has 354 valence electrons. The molecular weight excluding hydrogens is 833 g/mol. The van der Waals surface area contributed by atoms with Crippen LogP contribution < -0.4 is 0 Å². The third kappa shape index (κ3) is 8.32. The van der Waals surface area contributed by atoms with Crippen molar-refractivity contribution in [3.05, 3.63) is 160 Å². The Kier molecular flexibility index (Phi) is 12.9. The number of phenols is 1. The molecule has 1 heteroatoms. The first-order valence-corrected chi connectivity index (χ1v) is 26.3. The van der Waals surface area contributed by atoms with Gasteiger partial charge < -0.3 is 5.11 Å². The Morgan fingerprint density at radius 3 is 0.667 bits per heavy atom. The lowest BCUT2D eigenvalue weighted by Crippen LogP contribution is -2.02. The van der Waals surface area contributed by atoms with Gasteiger partial charge in [-0.05, 0) is 240 Å². The predicted octanol–water partition coefficient (Wildman–Crippen LogP) is 21.1. The molecule has 0 radical (unpaired) electrons. The first-order chi connectivity index (χ1) is 32.8. The molecular formula is C68H76O. The molecule has 9 rings (SSSR count). The van der Waals surface area contributed by atoms with Crippen molar-refractivity contribution in [3.8, 4) is 50.3 Å². The Bertz CT molecular complexity index is 3290. The van der Waals surface area contributed by atoms with Crippen LogP contribution in [-0.4, -0.2) is 5.11 Å². The second kappa shape index (κ2) is 18.4. The SMILES string of the molecule is CC(C)c1cccc(C(C)C)c1-c1cc2cc(-c3c(C(C)C)cccc3C(C)C)cc3c4cc(-c5c(C(C)C)cc(O)cc5C(C)C)cc5cc(-c6c(C(C)C)cccc6C(C)C)cc(c(c1)c23)c54. The average molecular weight is 909 g/mol. The Morgan fingerprint density at radius 1 is 0.261 bits per heavy atom. The average Bonchev–Trinajstić information content (AvgIpc) is 3.30. The highest BCUT2D eigenvalue weighted by Crippen LogP contribution is 2.51. The first-order valence-electron chi connectivity index (χ1n) is 26.3. The van der Waals surface area contributed by atoms with Crippen LogP contribution in [0.4, 0.5) is 0 Å². The molecule has 0 saturated heterocycles. The molecule has 0 fully saturated rings. The fourth-order valence-electron chi connectivity index (χ4n) is 12.0. The van der Waals surface area contributed by atoms with Crippen LogP contribution in [0.2, 0.25) is 0 Å².